The van der Waals surface area contributed by atoms with Crippen LogP contribution in [0.2, 0.25) is 0 Å². The Balaban J connectivity index is 0. The molecule has 0 spiro atoms. The maximum Gasteiger partial charge on any atom is 0.336 e. The van der Waals surface area contributed by atoms with Gasteiger partial charge in [0.1, 0.15) is 6.04 Å². The van der Waals surface area contributed by atoms with E-state index in [0.29, 0.717) is 13.0 Å². The van der Waals surface area contributed by atoms with Crippen molar-refractivity contribution in [3.8, 4) is 0 Å². The topological polar surface area (TPSA) is 227 Å². The summed E-state index contributed by atoms with van der Waals surface area (Å²) in [5, 5.41) is 34.1. The zero-order valence-corrected chi connectivity index (χ0v) is 12.5. The molecule has 0 fully saturated rings. The molecule has 0 aromatic rings. The van der Waals surface area contributed by atoms with Gasteiger partial charge in [0, 0.05) is 0 Å². The van der Waals surface area contributed by atoms with Crippen LogP contribution in [0.15, 0.2) is 0 Å². The van der Waals surface area contributed by atoms with Gasteiger partial charge in [0.05, 0.1) is 12.8 Å². The Kier molecular flexibility index (Phi) is 11.4. The van der Waals surface area contributed by atoms with E-state index in [1.807, 2.05) is 0 Å². The van der Waals surface area contributed by atoms with Crippen molar-refractivity contribution in [1.82, 2.24) is 0 Å². The molecule has 10 N–H and O–H groups in total. The second kappa shape index (κ2) is 11.3. The Labute approximate surface area is 132 Å². The van der Waals surface area contributed by atoms with Crippen molar-refractivity contribution in [3.63, 3.8) is 0 Å². The van der Waals surface area contributed by atoms with E-state index in [1.54, 1.807) is 0 Å². The molecular formula is C12H23N3O8. The van der Waals surface area contributed by atoms with Crippen LogP contribution in [0.3, 0.4) is 0 Å². The predicted molar refractivity (Wildman–Crippen MR) is 77.2 cm³/mol. The number of carbonyl (C=O) groups is 4. The minimum Gasteiger partial charge on any atom is -0.481 e. The van der Waals surface area contributed by atoms with Crippen LogP contribution in [0, 0.1) is 0 Å². The molecule has 134 valence electrons. The lowest BCUT2D eigenvalue weighted by atomic mass is 9.95. The fourth-order valence-corrected chi connectivity index (χ4v) is 1.38. The first kappa shape index (κ1) is 23.0. The maximum atomic E-state index is 10.4. The summed E-state index contributed by atoms with van der Waals surface area (Å²) in [5.41, 5.74) is 12.4. The summed E-state index contributed by atoms with van der Waals surface area (Å²) in [6.45, 7) is 0.604. The fraction of sp³-hybridized carbons (Fsp3) is 0.667. The lowest BCUT2D eigenvalue weighted by molar-refractivity contribution is -0.167. The standard InChI is InChI=1S/C6H14N2O2.C6H9NO6/c7-4-2-1-3-5(8)6(9)10;7-3(8)1-6(13,5(11)12)2-4(9)10/h5H,1-4,7-8H2,(H,9,10);13H,1-2H2,(H2,7,8)(H,9,10)(H,11,12). The Morgan fingerprint density at radius 2 is 1.52 bits per heavy atom. The lowest BCUT2D eigenvalue weighted by Crippen LogP contribution is -2.44. The van der Waals surface area contributed by atoms with Gasteiger partial charge in [-0.3, -0.25) is 14.4 Å². The van der Waals surface area contributed by atoms with Gasteiger partial charge in [-0.2, -0.15) is 0 Å². The molecule has 0 aromatic heterocycles. The molecule has 0 aliphatic heterocycles. The molecule has 0 saturated heterocycles. The average molecular weight is 337 g/mol. The Morgan fingerprint density at radius 1 is 1.00 bits per heavy atom. The number of carboxylic acid groups (broad SMARTS) is 3. The van der Waals surface area contributed by atoms with Crippen molar-refractivity contribution >= 4 is 23.8 Å². The molecule has 0 rings (SSSR count). The number of rotatable bonds is 10. The molecule has 0 heterocycles. The third kappa shape index (κ3) is 12.0. The maximum absolute atomic E-state index is 10.4. The zero-order chi connectivity index (χ0) is 18.6. The smallest absolute Gasteiger partial charge is 0.336 e. The van der Waals surface area contributed by atoms with Crippen LogP contribution in [0.4, 0.5) is 0 Å². The SMILES string of the molecule is NC(=O)CC(O)(CC(=O)O)C(=O)O.NCCCCC(N)C(=O)O. The van der Waals surface area contributed by atoms with Gasteiger partial charge in [0.2, 0.25) is 5.91 Å². The van der Waals surface area contributed by atoms with Crippen molar-refractivity contribution < 1.29 is 39.6 Å². The number of hydrogen-bond donors (Lipinski definition) is 7. The molecule has 2 unspecified atom stereocenters. The van der Waals surface area contributed by atoms with Gasteiger partial charge in [-0.1, -0.05) is 6.42 Å². The first-order chi connectivity index (χ1) is 10.5. The molecule has 2 atom stereocenters. The van der Waals surface area contributed by atoms with Crippen LogP contribution in [0.1, 0.15) is 32.1 Å². The zero-order valence-electron chi connectivity index (χ0n) is 12.5. The van der Waals surface area contributed by atoms with E-state index in [2.05, 4.69) is 5.73 Å². The van der Waals surface area contributed by atoms with E-state index in [0.717, 1.165) is 12.8 Å². The number of unbranched alkanes of at least 4 members (excludes halogenated alkanes) is 1. The molecule has 11 heteroatoms. The van der Waals surface area contributed by atoms with Gasteiger partial charge in [-0.25, -0.2) is 4.79 Å². The summed E-state index contributed by atoms with van der Waals surface area (Å²) in [6.07, 6.45) is 0.178. The highest BCUT2D eigenvalue weighted by molar-refractivity contribution is 5.89. The molecule has 23 heavy (non-hydrogen) atoms. The number of carbonyl (C=O) groups excluding carboxylic acids is 1. The van der Waals surface area contributed by atoms with Crippen molar-refractivity contribution in [2.45, 2.75) is 43.7 Å². The van der Waals surface area contributed by atoms with Crippen molar-refractivity contribution in [2.75, 3.05) is 6.54 Å². The summed E-state index contributed by atoms with van der Waals surface area (Å²) in [6, 6.07) is -0.716. The third-order valence-electron chi connectivity index (χ3n) is 2.59. The third-order valence-corrected chi connectivity index (χ3v) is 2.59. The summed E-state index contributed by atoms with van der Waals surface area (Å²) >= 11 is 0. The lowest BCUT2D eigenvalue weighted by Gasteiger charge is -2.18. The van der Waals surface area contributed by atoms with Crippen LogP contribution in [-0.2, 0) is 19.2 Å². The van der Waals surface area contributed by atoms with Gasteiger partial charge in [0.25, 0.3) is 0 Å². The quantitative estimate of drug-likeness (QED) is 0.210. The number of amides is 1. The average Bonchev–Trinajstić information content (AvgIpc) is 2.37. The van der Waals surface area contributed by atoms with Crippen LogP contribution in [0.25, 0.3) is 0 Å². The first-order valence-corrected chi connectivity index (χ1v) is 6.60. The molecular weight excluding hydrogens is 314 g/mol. The van der Waals surface area contributed by atoms with Gasteiger partial charge in [-0.05, 0) is 19.4 Å². The van der Waals surface area contributed by atoms with E-state index < -0.39 is 48.3 Å². The number of aliphatic hydroxyl groups is 1. The fourth-order valence-electron chi connectivity index (χ4n) is 1.38. The molecule has 0 saturated carbocycles. The highest BCUT2D eigenvalue weighted by atomic mass is 16.4. The number of carboxylic acids is 3. The summed E-state index contributed by atoms with van der Waals surface area (Å²) in [4.78, 5) is 40.9. The summed E-state index contributed by atoms with van der Waals surface area (Å²) < 4.78 is 0. The Bertz CT molecular complexity index is 411. The van der Waals surface area contributed by atoms with E-state index in [-0.39, 0.29) is 0 Å². The molecule has 0 aliphatic rings. The van der Waals surface area contributed by atoms with Crippen LogP contribution in [-0.4, -0.2) is 62.4 Å². The largest absolute Gasteiger partial charge is 0.481 e. The molecule has 0 radical (unpaired) electrons. The van der Waals surface area contributed by atoms with Crippen molar-refractivity contribution in [3.05, 3.63) is 0 Å². The Hall–Kier alpha value is -2.24. The number of hydrogen-bond acceptors (Lipinski definition) is 7. The highest BCUT2D eigenvalue weighted by Crippen LogP contribution is 2.15. The molecule has 1 amide bonds. The van der Waals surface area contributed by atoms with E-state index in [9.17, 15) is 19.2 Å². The molecule has 0 bridgehead atoms. The van der Waals surface area contributed by atoms with E-state index in [1.165, 1.54) is 0 Å². The van der Waals surface area contributed by atoms with Crippen molar-refractivity contribution in [2.24, 2.45) is 17.2 Å². The van der Waals surface area contributed by atoms with Crippen LogP contribution >= 0.6 is 0 Å². The van der Waals surface area contributed by atoms with E-state index >= 15 is 0 Å². The van der Waals surface area contributed by atoms with Gasteiger partial charge in [-0.15, -0.1) is 0 Å². The number of nitrogens with two attached hydrogens (primary N) is 3. The highest BCUT2D eigenvalue weighted by Gasteiger charge is 2.40. The van der Waals surface area contributed by atoms with Crippen molar-refractivity contribution in [1.29, 1.82) is 0 Å². The summed E-state index contributed by atoms with van der Waals surface area (Å²) in [5.74, 6) is -5.32. The second-order valence-corrected chi connectivity index (χ2v) is 4.78. The minimum atomic E-state index is -2.61. The van der Waals surface area contributed by atoms with Gasteiger partial charge >= 0.3 is 17.9 Å². The Morgan fingerprint density at radius 3 is 1.83 bits per heavy atom. The number of aliphatic carboxylic acids is 3. The molecule has 0 aliphatic carbocycles. The minimum absolute atomic E-state index is 0.520. The van der Waals surface area contributed by atoms with Crippen LogP contribution in [0.5, 0.6) is 0 Å². The number of primary amides is 1. The monoisotopic (exact) mass is 337 g/mol. The predicted octanol–water partition coefficient (Wildman–Crippen LogP) is -2.32. The van der Waals surface area contributed by atoms with Gasteiger partial charge < -0.3 is 37.6 Å². The molecule has 0 aromatic carbocycles. The van der Waals surface area contributed by atoms with Crippen LogP contribution < -0.4 is 17.2 Å². The summed E-state index contributed by atoms with van der Waals surface area (Å²) in [7, 11) is 0. The normalized spacial score (nSPS) is 13.9. The van der Waals surface area contributed by atoms with E-state index in [4.69, 9.17) is 31.9 Å². The first-order valence-electron chi connectivity index (χ1n) is 6.60. The second-order valence-electron chi connectivity index (χ2n) is 4.78. The van der Waals surface area contributed by atoms with Gasteiger partial charge in [0.15, 0.2) is 5.60 Å². The molecule has 11 nitrogen and oxygen atoms in total.